The first kappa shape index (κ1) is 6.68. The van der Waals surface area contributed by atoms with Gasteiger partial charge >= 0.3 is 0 Å². The summed E-state index contributed by atoms with van der Waals surface area (Å²) < 4.78 is 15.9. The average molecular weight is 169 g/mol. The third-order valence-corrected chi connectivity index (χ3v) is 2.47. The van der Waals surface area contributed by atoms with Gasteiger partial charge in [-0.25, -0.2) is 0 Å². The summed E-state index contributed by atoms with van der Waals surface area (Å²) in [5, 5.41) is 3.64. The molecule has 64 valence electrons. The van der Waals surface area contributed by atoms with Crippen LogP contribution in [0.2, 0.25) is 0 Å². The van der Waals surface area contributed by atoms with Crippen molar-refractivity contribution in [3.63, 3.8) is 0 Å². The molecule has 0 saturated carbocycles. The monoisotopic (exact) mass is 169 g/mol. The van der Waals surface area contributed by atoms with Gasteiger partial charge in [0.25, 0.3) is 0 Å². The molecule has 0 spiro atoms. The molecule has 3 aliphatic heterocycles. The summed E-state index contributed by atoms with van der Waals surface area (Å²) in [6.45, 7) is 0.519. The van der Waals surface area contributed by atoms with E-state index >= 15 is 0 Å². The Morgan fingerprint density at radius 2 is 2.25 bits per heavy atom. The van der Waals surface area contributed by atoms with Crippen molar-refractivity contribution in [2.24, 2.45) is 5.11 Å². The third kappa shape index (κ3) is 0.723. The maximum Gasteiger partial charge on any atom is 0.186 e. The van der Waals surface area contributed by atoms with E-state index in [2.05, 4.69) is 10.0 Å². The molecule has 12 heavy (non-hydrogen) atoms. The molecule has 3 saturated heterocycles. The lowest BCUT2D eigenvalue weighted by molar-refractivity contribution is -0.0814. The predicted octanol–water partition coefficient (Wildman–Crippen LogP) is 0.188. The lowest BCUT2D eigenvalue weighted by atomic mass is 10.1. The Balaban J connectivity index is 1.89. The van der Waals surface area contributed by atoms with Crippen molar-refractivity contribution >= 4 is 0 Å². The van der Waals surface area contributed by atoms with Crippen molar-refractivity contribution < 1.29 is 14.2 Å². The molecule has 0 N–H and O–H groups in total. The van der Waals surface area contributed by atoms with E-state index in [1.54, 1.807) is 0 Å². The summed E-state index contributed by atoms with van der Waals surface area (Å²) in [6.07, 6.45) is -0.286. The minimum absolute atomic E-state index is 0.000694. The van der Waals surface area contributed by atoms with Crippen LogP contribution in [-0.4, -0.2) is 37.3 Å². The summed E-state index contributed by atoms with van der Waals surface area (Å²) >= 11 is 0. The Hall–Kier alpha value is -0.810. The number of ether oxygens (including phenoxy) is 3. The van der Waals surface area contributed by atoms with E-state index < -0.39 is 0 Å². The van der Waals surface area contributed by atoms with Crippen LogP contribution in [0.5, 0.6) is 0 Å². The quantitative estimate of drug-likeness (QED) is 0.243. The minimum atomic E-state index is -0.217. The van der Waals surface area contributed by atoms with Gasteiger partial charge in [-0.1, -0.05) is 5.11 Å². The summed E-state index contributed by atoms with van der Waals surface area (Å²) in [7, 11) is 0. The Bertz CT molecular complexity index is 265. The number of azide groups is 1. The Kier molecular flexibility index (Phi) is 1.18. The van der Waals surface area contributed by atoms with E-state index in [-0.39, 0.29) is 30.6 Å². The van der Waals surface area contributed by atoms with Gasteiger partial charge in [-0.05, 0) is 5.53 Å². The van der Waals surface area contributed by atoms with E-state index in [1.807, 2.05) is 0 Å². The van der Waals surface area contributed by atoms with Gasteiger partial charge in [0.05, 0.1) is 18.8 Å². The normalized spacial score (nSPS) is 54.2. The van der Waals surface area contributed by atoms with Crippen LogP contribution in [0.4, 0.5) is 0 Å². The van der Waals surface area contributed by atoms with Gasteiger partial charge in [0.1, 0.15) is 12.2 Å². The molecule has 0 aromatic rings. The number of fused-ring (bicyclic) bond motifs is 4. The fourth-order valence-corrected chi connectivity index (χ4v) is 1.83. The van der Waals surface area contributed by atoms with Crippen molar-refractivity contribution in [1.82, 2.24) is 0 Å². The van der Waals surface area contributed by atoms with Gasteiger partial charge in [-0.3, -0.25) is 0 Å². The van der Waals surface area contributed by atoms with Gasteiger partial charge in [0, 0.05) is 4.91 Å². The minimum Gasteiger partial charge on any atom is -0.363 e. The van der Waals surface area contributed by atoms with Crippen LogP contribution in [0.1, 0.15) is 0 Å². The molecule has 6 nitrogen and oxygen atoms in total. The largest absolute Gasteiger partial charge is 0.363 e. The molecule has 2 bridgehead atoms. The van der Waals surface area contributed by atoms with Gasteiger partial charge in [-0.2, -0.15) is 0 Å². The molecular formula is C6H7N3O3. The predicted molar refractivity (Wildman–Crippen MR) is 36.2 cm³/mol. The zero-order valence-corrected chi connectivity index (χ0v) is 6.16. The second kappa shape index (κ2) is 2.11. The van der Waals surface area contributed by atoms with Crippen LogP contribution in [0.3, 0.4) is 0 Å². The molecule has 6 heteroatoms. The number of nitrogens with zero attached hydrogens (tertiary/aromatic N) is 3. The molecule has 0 amide bonds. The van der Waals surface area contributed by atoms with Crippen LogP contribution in [0.25, 0.3) is 10.4 Å². The van der Waals surface area contributed by atoms with Crippen molar-refractivity contribution in [1.29, 1.82) is 0 Å². The molecule has 0 aromatic carbocycles. The average Bonchev–Trinajstić information content (AvgIpc) is 2.75. The molecule has 5 atom stereocenters. The van der Waals surface area contributed by atoms with Crippen molar-refractivity contribution in [3.8, 4) is 0 Å². The van der Waals surface area contributed by atoms with Crippen LogP contribution in [0, 0.1) is 0 Å². The number of hydrogen-bond acceptors (Lipinski definition) is 4. The second-order valence-corrected chi connectivity index (χ2v) is 3.14. The standard InChI is InChI=1S/C6H7N3O3/c7-9-8-3-2-1-10-6(11-2)5-4(3)12-5/h2-6H,1H2/t2?,3-,4-,5-,6+/m1/s1. The summed E-state index contributed by atoms with van der Waals surface area (Å²) in [6, 6.07) is -0.196. The maximum absolute atomic E-state index is 8.29. The van der Waals surface area contributed by atoms with Crippen molar-refractivity contribution in [2.45, 2.75) is 30.6 Å². The van der Waals surface area contributed by atoms with Crippen molar-refractivity contribution in [2.75, 3.05) is 6.61 Å². The molecule has 0 aromatic heterocycles. The first-order valence-corrected chi connectivity index (χ1v) is 3.87. The van der Waals surface area contributed by atoms with E-state index in [9.17, 15) is 0 Å². The van der Waals surface area contributed by atoms with E-state index in [1.165, 1.54) is 0 Å². The van der Waals surface area contributed by atoms with Crippen molar-refractivity contribution in [3.05, 3.63) is 10.4 Å². The van der Waals surface area contributed by atoms with Gasteiger partial charge in [0.2, 0.25) is 0 Å². The van der Waals surface area contributed by atoms with E-state index in [0.29, 0.717) is 6.61 Å². The van der Waals surface area contributed by atoms with E-state index in [4.69, 9.17) is 19.7 Å². The van der Waals surface area contributed by atoms with Gasteiger partial charge in [0.15, 0.2) is 6.29 Å². The summed E-state index contributed by atoms with van der Waals surface area (Å²) in [4.78, 5) is 2.76. The Morgan fingerprint density at radius 1 is 1.33 bits per heavy atom. The van der Waals surface area contributed by atoms with Crippen LogP contribution in [0.15, 0.2) is 5.11 Å². The molecule has 3 aliphatic rings. The van der Waals surface area contributed by atoms with Gasteiger partial charge in [-0.15, -0.1) is 0 Å². The SMILES string of the molecule is [N-]=[N+]=N[C@@H]1C2CO[C@@H](O2)[C@@H]2O[C@@H]21. The highest BCUT2D eigenvalue weighted by molar-refractivity contribution is 5.06. The Morgan fingerprint density at radius 3 is 3.08 bits per heavy atom. The topological polar surface area (TPSA) is 79.8 Å². The molecule has 3 fully saturated rings. The lowest BCUT2D eigenvalue weighted by Crippen LogP contribution is -2.38. The summed E-state index contributed by atoms with van der Waals surface area (Å²) in [5.74, 6) is 0. The number of rotatable bonds is 1. The smallest absolute Gasteiger partial charge is 0.186 e. The second-order valence-electron chi connectivity index (χ2n) is 3.14. The molecule has 0 aliphatic carbocycles. The zero-order valence-electron chi connectivity index (χ0n) is 6.16. The fraction of sp³-hybridized carbons (Fsp3) is 1.00. The number of epoxide rings is 1. The highest BCUT2D eigenvalue weighted by Gasteiger charge is 2.61. The van der Waals surface area contributed by atoms with Crippen LogP contribution in [-0.2, 0) is 14.2 Å². The lowest BCUT2D eigenvalue weighted by Gasteiger charge is -2.19. The fourth-order valence-electron chi connectivity index (χ4n) is 1.83. The summed E-state index contributed by atoms with van der Waals surface area (Å²) in [5.41, 5.74) is 8.29. The van der Waals surface area contributed by atoms with Crippen LogP contribution >= 0.6 is 0 Å². The molecular weight excluding hydrogens is 162 g/mol. The van der Waals surface area contributed by atoms with Gasteiger partial charge < -0.3 is 14.2 Å². The maximum atomic E-state index is 8.29. The molecule has 1 unspecified atom stereocenters. The number of hydrogen-bond donors (Lipinski definition) is 0. The first-order chi connectivity index (χ1) is 5.90. The Labute approximate surface area is 68.0 Å². The zero-order chi connectivity index (χ0) is 8.13. The first-order valence-electron chi connectivity index (χ1n) is 3.87. The molecule has 0 radical (unpaired) electrons. The van der Waals surface area contributed by atoms with Crippen LogP contribution < -0.4 is 0 Å². The third-order valence-electron chi connectivity index (χ3n) is 2.47. The highest BCUT2D eigenvalue weighted by atomic mass is 16.8. The molecule has 3 rings (SSSR count). The van der Waals surface area contributed by atoms with E-state index in [0.717, 1.165) is 0 Å². The highest BCUT2D eigenvalue weighted by Crippen LogP contribution is 2.42. The molecule has 3 heterocycles.